The predicted molar refractivity (Wildman–Crippen MR) is 177 cm³/mol. The van der Waals surface area contributed by atoms with Crippen LogP contribution in [0.3, 0.4) is 0 Å². The fraction of sp³-hybridized carbons (Fsp3) is 0.559. The van der Waals surface area contributed by atoms with Crippen LogP contribution in [-0.2, 0) is 22.4 Å². The molecule has 12 heteroatoms. The van der Waals surface area contributed by atoms with Crippen LogP contribution >= 0.6 is 15.9 Å². The van der Waals surface area contributed by atoms with E-state index < -0.39 is 12.2 Å². The van der Waals surface area contributed by atoms with Crippen LogP contribution in [0.1, 0.15) is 49.7 Å². The van der Waals surface area contributed by atoms with Crippen molar-refractivity contribution >= 4 is 39.6 Å². The zero-order valence-corrected chi connectivity index (χ0v) is 27.7. The third-order valence-electron chi connectivity index (χ3n) is 9.98. The maximum absolute atomic E-state index is 13.9. The van der Waals surface area contributed by atoms with Crippen LogP contribution in [0.15, 0.2) is 46.9 Å². The number of carbonyl (C=O) groups excluding carboxylic acids is 3. The molecule has 0 bridgehead atoms. The molecular weight excluding hydrogens is 654 g/mol. The van der Waals surface area contributed by atoms with Gasteiger partial charge in [0, 0.05) is 63.5 Å². The molecule has 0 aromatic heterocycles. The standard InChI is InChI=1S/C34H44BrN5O6/c35-28-20-23(7-8-30(28)42)21-31(32(43)37-15-10-25(11-16-37)39-14-3-5-27(41)22-39)46-34(45)38-17-12-26(13-18-38)40-19-9-24-4-1-2-6-29(24)36-33(40)44/h1-2,4,6-8,20,25-27,31,41-42H,3,5,9-19,21-22H2,(H,36,44)/t27?,31-/m1/s1. The second-order valence-corrected chi connectivity index (χ2v) is 13.8. The molecule has 4 heterocycles. The third kappa shape index (κ3) is 7.61. The van der Waals surface area contributed by atoms with Gasteiger partial charge in [0.15, 0.2) is 6.10 Å². The van der Waals surface area contributed by atoms with Crippen molar-refractivity contribution in [2.24, 2.45) is 0 Å². The Hall–Kier alpha value is -3.35. The zero-order valence-electron chi connectivity index (χ0n) is 26.2. The predicted octanol–water partition coefficient (Wildman–Crippen LogP) is 4.20. The Kier molecular flexibility index (Phi) is 10.3. The minimum atomic E-state index is -1.01. The van der Waals surface area contributed by atoms with Gasteiger partial charge in [-0.25, -0.2) is 9.59 Å². The lowest BCUT2D eigenvalue weighted by molar-refractivity contribution is -0.142. The van der Waals surface area contributed by atoms with E-state index in [-0.39, 0.29) is 36.3 Å². The molecule has 248 valence electrons. The summed E-state index contributed by atoms with van der Waals surface area (Å²) in [7, 11) is 0. The van der Waals surface area contributed by atoms with E-state index in [2.05, 4.69) is 26.1 Å². The largest absolute Gasteiger partial charge is 0.507 e. The quantitative estimate of drug-likeness (QED) is 0.413. The van der Waals surface area contributed by atoms with Gasteiger partial charge in [0.25, 0.3) is 5.91 Å². The number of aliphatic hydroxyl groups is 1. The number of β-amino-alcohol motifs (C(OH)–C–C–N with tert-alkyl or cyclic N) is 1. The SMILES string of the molecule is O=C(O[C@H](Cc1ccc(O)c(Br)c1)C(=O)N1CCC(N2CCCC(O)C2)CC1)N1CCC(N2CCc3ccccc3NC2=O)CC1. The van der Waals surface area contributed by atoms with Gasteiger partial charge in [-0.05, 0) is 96.7 Å². The average Bonchev–Trinajstić information content (AvgIpc) is 3.24. The lowest BCUT2D eigenvalue weighted by Crippen LogP contribution is -2.53. The molecule has 6 rings (SSSR count). The van der Waals surface area contributed by atoms with Crippen LogP contribution in [-0.4, -0.2) is 118 Å². The zero-order chi connectivity index (χ0) is 32.2. The number of phenols is 1. The van der Waals surface area contributed by atoms with E-state index in [1.165, 1.54) is 0 Å². The van der Waals surface area contributed by atoms with Crippen molar-refractivity contribution in [3.8, 4) is 5.75 Å². The van der Waals surface area contributed by atoms with Gasteiger partial charge in [-0.1, -0.05) is 24.3 Å². The highest BCUT2D eigenvalue weighted by atomic mass is 79.9. The van der Waals surface area contributed by atoms with E-state index >= 15 is 0 Å². The number of urea groups is 1. The van der Waals surface area contributed by atoms with E-state index in [1.54, 1.807) is 28.0 Å². The number of carbonyl (C=O) groups is 3. The maximum atomic E-state index is 13.9. The number of piperidine rings is 3. The summed E-state index contributed by atoms with van der Waals surface area (Å²) in [6.07, 6.45) is 3.83. The molecule has 11 nitrogen and oxygen atoms in total. The van der Waals surface area contributed by atoms with E-state index in [1.807, 2.05) is 29.2 Å². The molecule has 3 fully saturated rings. The van der Waals surface area contributed by atoms with E-state index in [4.69, 9.17) is 4.74 Å². The molecule has 0 radical (unpaired) electrons. The van der Waals surface area contributed by atoms with E-state index in [0.717, 1.165) is 55.5 Å². The van der Waals surface area contributed by atoms with Gasteiger partial charge in [-0.3, -0.25) is 9.69 Å². The minimum Gasteiger partial charge on any atom is -0.507 e. The number of phenolic OH excluding ortho intramolecular Hbond substituents is 1. The van der Waals surface area contributed by atoms with Crippen LogP contribution in [0.25, 0.3) is 0 Å². The number of halogens is 1. The molecule has 46 heavy (non-hydrogen) atoms. The van der Waals surface area contributed by atoms with Crippen molar-refractivity contribution < 1.29 is 29.3 Å². The Morgan fingerprint density at radius 1 is 0.935 bits per heavy atom. The molecule has 0 saturated carbocycles. The number of hydrogen-bond acceptors (Lipinski definition) is 7. The normalized spacial score (nSPS) is 22.5. The lowest BCUT2D eigenvalue weighted by Gasteiger charge is -2.42. The first-order chi connectivity index (χ1) is 22.2. The summed E-state index contributed by atoms with van der Waals surface area (Å²) in [5.41, 5.74) is 2.73. The van der Waals surface area contributed by atoms with Crippen molar-refractivity contribution in [3.63, 3.8) is 0 Å². The first-order valence-electron chi connectivity index (χ1n) is 16.5. The van der Waals surface area contributed by atoms with Crippen molar-refractivity contribution in [2.45, 2.75) is 75.7 Å². The molecule has 2 aromatic rings. The van der Waals surface area contributed by atoms with Gasteiger partial charge in [-0.2, -0.15) is 0 Å². The molecule has 1 unspecified atom stereocenters. The molecular formula is C34H44BrN5O6. The number of ether oxygens (including phenoxy) is 1. The summed E-state index contributed by atoms with van der Waals surface area (Å²) < 4.78 is 6.49. The molecule has 3 N–H and O–H groups in total. The monoisotopic (exact) mass is 697 g/mol. The number of amides is 4. The summed E-state index contributed by atoms with van der Waals surface area (Å²) in [6, 6.07) is 13.1. The molecule has 0 aliphatic carbocycles. The van der Waals surface area contributed by atoms with Crippen molar-refractivity contribution in [1.82, 2.24) is 19.6 Å². The van der Waals surface area contributed by atoms with Gasteiger partial charge >= 0.3 is 12.1 Å². The highest BCUT2D eigenvalue weighted by Crippen LogP contribution is 2.28. The first kappa shape index (κ1) is 32.6. The highest BCUT2D eigenvalue weighted by Gasteiger charge is 2.36. The molecule has 2 atom stereocenters. The molecule has 3 saturated heterocycles. The number of fused-ring (bicyclic) bond motifs is 1. The second-order valence-electron chi connectivity index (χ2n) is 13.0. The maximum Gasteiger partial charge on any atom is 0.410 e. The minimum absolute atomic E-state index is 0.00690. The number of rotatable bonds is 6. The number of para-hydroxylation sites is 1. The van der Waals surface area contributed by atoms with Gasteiger partial charge in [-0.15, -0.1) is 0 Å². The number of benzene rings is 2. The third-order valence-corrected chi connectivity index (χ3v) is 10.6. The molecule has 4 aliphatic heterocycles. The second kappa shape index (κ2) is 14.6. The number of aromatic hydroxyl groups is 1. The Morgan fingerprint density at radius 3 is 2.39 bits per heavy atom. The molecule has 0 spiro atoms. The smallest absolute Gasteiger partial charge is 0.410 e. The summed E-state index contributed by atoms with van der Waals surface area (Å²) >= 11 is 3.35. The van der Waals surface area contributed by atoms with Gasteiger partial charge in [0.05, 0.1) is 10.6 Å². The number of aliphatic hydroxyl groups excluding tert-OH is 1. The van der Waals surface area contributed by atoms with Crippen LogP contribution in [0, 0.1) is 0 Å². The lowest BCUT2D eigenvalue weighted by atomic mass is 9.98. The summed E-state index contributed by atoms with van der Waals surface area (Å²) in [6.45, 7) is 4.26. The molecule has 4 amide bonds. The first-order valence-corrected chi connectivity index (χ1v) is 17.3. The molecule has 2 aromatic carbocycles. The number of likely N-dealkylation sites (tertiary alicyclic amines) is 3. The Labute approximate surface area is 278 Å². The number of hydrogen-bond donors (Lipinski definition) is 3. The fourth-order valence-corrected chi connectivity index (χ4v) is 7.76. The van der Waals surface area contributed by atoms with E-state index in [0.29, 0.717) is 62.6 Å². The summed E-state index contributed by atoms with van der Waals surface area (Å²) in [4.78, 5) is 48.1. The number of nitrogens with zero attached hydrogens (tertiary/aromatic N) is 4. The van der Waals surface area contributed by atoms with Crippen molar-refractivity contribution in [1.29, 1.82) is 0 Å². The van der Waals surface area contributed by atoms with Gasteiger partial charge < -0.3 is 35.0 Å². The number of anilines is 1. The molecule has 4 aliphatic rings. The van der Waals surface area contributed by atoms with Crippen LogP contribution in [0.2, 0.25) is 0 Å². The Balaban J connectivity index is 1.07. The van der Waals surface area contributed by atoms with E-state index in [9.17, 15) is 24.6 Å². The topological polar surface area (TPSA) is 126 Å². The van der Waals surface area contributed by atoms with Crippen LogP contribution in [0.4, 0.5) is 15.3 Å². The van der Waals surface area contributed by atoms with Crippen LogP contribution < -0.4 is 5.32 Å². The number of nitrogens with one attached hydrogen (secondary N) is 1. The summed E-state index contributed by atoms with van der Waals surface area (Å²) in [5, 5.41) is 23.2. The van der Waals surface area contributed by atoms with Crippen molar-refractivity contribution in [3.05, 3.63) is 58.1 Å². The van der Waals surface area contributed by atoms with Crippen LogP contribution in [0.5, 0.6) is 5.75 Å². The summed E-state index contributed by atoms with van der Waals surface area (Å²) in [5.74, 6) is -0.122. The fourth-order valence-electron chi connectivity index (χ4n) is 7.34. The highest BCUT2D eigenvalue weighted by molar-refractivity contribution is 9.10. The van der Waals surface area contributed by atoms with Gasteiger partial charge in [0.2, 0.25) is 0 Å². The Bertz CT molecular complexity index is 1410. The average molecular weight is 699 g/mol. The Morgan fingerprint density at radius 2 is 1.65 bits per heavy atom. The van der Waals surface area contributed by atoms with Crippen molar-refractivity contribution in [2.75, 3.05) is 51.1 Å². The van der Waals surface area contributed by atoms with Gasteiger partial charge in [0.1, 0.15) is 5.75 Å².